The second kappa shape index (κ2) is 3.90. The third-order valence-corrected chi connectivity index (χ3v) is 2.64. The number of nitrogens with zero attached hydrogens (tertiary/aromatic N) is 3. The molecule has 0 amide bonds. The molecule has 0 saturated heterocycles. The minimum atomic E-state index is 0.773. The van der Waals surface area contributed by atoms with Gasteiger partial charge in [0.15, 0.2) is 5.88 Å². The Labute approximate surface area is 98.5 Å². The highest BCUT2D eigenvalue weighted by Gasteiger charge is 2.06. The van der Waals surface area contributed by atoms with E-state index in [1.165, 1.54) is 0 Å². The van der Waals surface area contributed by atoms with Crippen LogP contribution in [0.15, 0.2) is 48.9 Å². The summed E-state index contributed by atoms with van der Waals surface area (Å²) < 4.78 is 7.21. The average Bonchev–Trinajstić information content (AvgIpc) is 2.83. The molecule has 0 unspecified atom stereocenters. The average molecular weight is 225 g/mol. The molecular weight excluding hydrogens is 214 g/mol. The zero-order valence-corrected chi connectivity index (χ0v) is 9.37. The number of pyridine rings is 2. The van der Waals surface area contributed by atoms with E-state index in [-0.39, 0.29) is 0 Å². The van der Waals surface area contributed by atoms with Crippen LogP contribution in [0.1, 0.15) is 0 Å². The summed E-state index contributed by atoms with van der Waals surface area (Å²) in [6, 6.07) is 9.66. The molecule has 0 aliphatic heterocycles. The number of rotatable bonds is 2. The lowest BCUT2D eigenvalue weighted by Gasteiger charge is -2.01. The fraction of sp³-hybridized carbons (Fsp3) is 0.0769. The van der Waals surface area contributed by atoms with Gasteiger partial charge < -0.3 is 4.74 Å². The van der Waals surface area contributed by atoms with Crippen molar-refractivity contribution in [3.63, 3.8) is 0 Å². The lowest BCUT2D eigenvalue weighted by Crippen LogP contribution is -1.91. The summed E-state index contributed by atoms with van der Waals surface area (Å²) in [7, 11) is 1.65. The van der Waals surface area contributed by atoms with Crippen LogP contribution in [0, 0.1) is 0 Å². The van der Waals surface area contributed by atoms with Gasteiger partial charge in [0.1, 0.15) is 5.65 Å². The Hall–Kier alpha value is -2.36. The normalized spacial score (nSPS) is 10.6. The van der Waals surface area contributed by atoms with Crippen LogP contribution in [0.2, 0.25) is 0 Å². The van der Waals surface area contributed by atoms with Crippen molar-refractivity contribution < 1.29 is 4.74 Å². The molecule has 17 heavy (non-hydrogen) atoms. The van der Waals surface area contributed by atoms with Gasteiger partial charge in [-0.15, -0.1) is 0 Å². The molecular formula is C13H11N3O. The van der Waals surface area contributed by atoms with E-state index < -0.39 is 0 Å². The topological polar surface area (TPSA) is 39.4 Å². The van der Waals surface area contributed by atoms with Crippen molar-refractivity contribution in [2.75, 3.05) is 7.11 Å². The highest BCUT2D eigenvalue weighted by atomic mass is 16.5. The molecule has 0 spiro atoms. The molecule has 0 radical (unpaired) electrons. The molecule has 4 nitrogen and oxygen atoms in total. The number of ether oxygens (including phenoxy) is 1. The van der Waals surface area contributed by atoms with Crippen molar-refractivity contribution in [3.05, 3.63) is 48.9 Å². The molecule has 84 valence electrons. The van der Waals surface area contributed by atoms with Crippen LogP contribution in [0.4, 0.5) is 0 Å². The van der Waals surface area contributed by atoms with Gasteiger partial charge in [-0.25, -0.2) is 4.98 Å². The maximum Gasteiger partial charge on any atom is 0.198 e. The molecule has 3 rings (SSSR count). The Bertz CT molecular complexity index is 646. The SMILES string of the molecule is COc1cccc2nc(-c3ccncc3)cn12. The molecule has 0 aliphatic carbocycles. The summed E-state index contributed by atoms with van der Waals surface area (Å²) in [6.45, 7) is 0. The predicted molar refractivity (Wildman–Crippen MR) is 65.0 cm³/mol. The van der Waals surface area contributed by atoms with Crippen LogP contribution >= 0.6 is 0 Å². The van der Waals surface area contributed by atoms with Crippen molar-refractivity contribution in [3.8, 4) is 17.1 Å². The molecule has 4 heteroatoms. The third-order valence-electron chi connectivity index (χ3n) is 2.64. The largest absolute Gasteiger partial charge is 0.482 e. The first kappa shape index (κ1) is 9.84. The highest BCUT2D eigenvalue weighted by Crippen LogP contribution is 2.21. The minimum Gasteiger partial charge on any atom is -0.482 e. The van der Waals surface area contributed by atoms with Crippen molar-refractivity contribution in [2.24, 2.45) is 0 Å². The summed E-state index contributed by atoms with van der Waals surface area (Å²) >= 11 is 0. The van der Waals surface area contributed by atoms with Gasteiger partial charge in [0, 0.05) is 24.2 Å². The maximum absolute atomic E-state index is 5.29. The van der Waals surface area contributed by atoms with Crippen LogP contribution in [-0.4, -0.2) is 21.5 Å². The summed E-state index contributed by atoms with van der Waals surface area (Å²) in [5.74, 6) is 0.773. The quantitative estimate of drug-likeness (QED) is 0.672. The number of methoxy groups -OCH3 is 1. The zero-order chi connectivity index (χ0) is 11.7. The second-order valence-corrected chi connectivity index (χ2v) is 3.66. The Morgan fingerprint density at radius 3 is 2.71 bits per heavy atom. The smallest absolute Gasteiger partial charge is 0.198 e. The fourth-order valence-corrected chi connectivity index (χ4v) is 1.81. The van der Waals surface area contributed by atoms with Crippen molar-refractivity contribution in [1.82, 2.24) is 14.4 Å². The van der Waals surface area contributed by atoms with Gasteiger partial charge in [-0.3, -0.25) is 9.38 Å². The van der Waals surface area contributed by atoms with E-state index >= 15 is 0 Å². The third kappa shape index (κ3) is 1.63. The molecule has 3 aromatic heterocycles. The maximum atomic E-state index is 5.29. The van der Waals surface area contributed by atoms with Gasteiger partial charge in [0.2, 0.25) is 0 Å². The van der Waals surface area contributed by atoms with Gasteiger partial charge in [0.05, 0.1) is 12.8 Å². The second-order valence-electron chi connectivity index (χ2n) is 3.66. The molecule has 0 aromatic carbocycles. The first-order valence-electron chi connectivity index (χ1n) is 5.31. The predicted octanol–water partition coefficient (Wildman–Crippen LogP) is 2.40. The first-order chi connectivity index (χ1) is 8.38. The van der Waals surface area contributed by atoms with Gasteiger partial charge in [-0.1, -0.05) is 6.07 Å². The lowest BCUT2D eigenvalue weighted by molar-refractivity contribution is 0.392. The van der Waals surface area contributed by atoms with Crippen LogP contribution in [0.3, 0.4) is 0 Å². The number of fused-ring (bicyclic) bond motifs is 1. The Morgan fingerprint density at radius 1 is 1.12 bits per heavy atom. The lowest BCUT2D eigenvalue weighted by atomic mass is 10.2. The number of imidazole rings is 1. The molecule has 3 aromatic rings. The first-order valence-corrected chi connectivity index (χ1v) is 5.31. The van der Waals surface area contributed by atoms with E-state index in [0.717, 1.165) is 22.8 Å². The van der Waals surface area contributed by atoms with Crippen LogP contribution < -0.4 is 4.74 Å². The van der Waals surface area contributed by atoms with Gasteiger partial charge in [-0.05, 0) is 24.3 Å². The van der Waals surface area contributed by atoms with Crippen molar-refractivity contribution in [2.45, 2.75) is 0 Å². The summed E-state index contributed by atoms with van der Waals surface area (Å²) in [5, 5.41) is 0. The van der Waals surface area contributed by atoms with E-state index in [9.17, 15) is 0 Å². The molecule has 0 saturated carbocycles. The molecule has 0 aliphatic rings. The number of hydrogen-bond acceptors (Lipinski definition) is 3. The van der Waals surface area contributed by atoms with Crippen molar-refractivity contribution >= 4 is 5.65 Å². The van der Waals surface area contributed by atoms with Gasteiger partial charge >= 0.3 is 0 Å². The molecule has 0 fully saturated rings. The summed E-state index contributed by atoms with van der Waals surface area (Å²) in [5.41, 5.74) is 2.83. The highest BCUT2D eigenvalue weighted by molar-refractivity contribution is 5.62. The van der Waals surface area contributed by atoms with E-state index in [1.54, 1.807) is 19.5 Å². The molecule has 0 N–H and O–H groups in total. The summed E-state index contributed by atoms with van der Waals surface area (Å²) in [4.78, 5) is 8.55. The van der Waals surface area contributed by atoms with Gasteiger partial charge in [-0.2, -0.15) is 0 Å². The number of aromatic nitrogens is 3. The Balaban J connectivity index is 2.20. The standard InChI is InChI=1S/C13H11N3O/c1-17-13-4-2-3-12-15-11(9-16(12)13)10-5-7-14-8-6-10/h2-9H,1H3. The minimum absolute atomic E-state index is 0.773. The molecule has 0 bridgehead atoms. The molecule has 3 heterocycles. The molecule has 0 atom stereocenters. The fourth-order valence-electron chi connectivity index (χ4n) is 1.81. The van der Waals surface area contributed by atoms with E-state index in [0.29, 0.717) is 0 Å². The van der Waals surface area contributed by atoms with Crippen LogP contribution in [0.25, 0.3) is 16.9 Å². The van der Waals surface area contributed by atoms with Gasteiger partial charge in [0.25, 0.3) is 0 Å². The van der Waals surface area contributed by atoms with E-state index in [1.807, 2.05) is 40.9 Å². The van der Waals surface area contributed by atoms with Crippen LogP contribution in [0.5, 0.6) is 5.88 Å². The number of hydrogen-bond donors (Lipinski definition) is 0. The van der Waals surface area contributed by atoms with Crippen molar-refractivity contribution in [1.29, 1.82) is 0 Å². The van der Waals surface area contributed by atoms with Crippen LogP contribution in [-0.2, 0) is 0 Å². The Kier molecular flexibility index (Phi) is 2.26. The summed E-state index contributed by atoms with van der Waals surface area (Å²) in [6.07, 6.45) is 5.48. The monoisotopic (exact) mass is 225 g/mol. The zero-order valence-electron chi connectivity index (χ0n) is 9.37. The van der Waals surface area contributed by atoms with E-state index in [2.05, 4.69) is 9.97 Å². The Morgan fingerprint density at radius 2 is 1.94 bits per heavy atom. The van der Waals surface area contributed by atoms with E-state index in [4.69, 9.17) is 4.74 Å².